The first kappa shape index (κ1) is 14.0. The van der Waals surface area contributed by atoms with Crippen LogP contribution in [0.15, 0.2) is 30.3 Å². The maximum absolute atomic E-state index is 11.5. The highest BCUT2D eigenvalue weighted by Gasteiger charge is 2.38. The van der Waals surface area contributed by atoms with Crippen LogP contribution in [0.2, 0.25) is 0 Å². The van der Waals surface area contributed by atoms with Gasteiger partial charge >= 0.3 is 0 Å². The van der Waals surface area contributed by atoms with E-state index in [2.05, 4.69) is 34.5 Å². The Balaban J connectivity index is 1.82. The summed E-state index contributed by atoms with van der Waals surface area (Å²) >= 11 is 0. The summed E-state index contributed by atoms with van der Waals surface area (Å²) in [6.07, 6.45) is 2.66. The lowest BCUT2D eigenvalue weighted by Crippen LogP contribution is -2.59. The number of carbonyl (C=O) groups excluding carboxylic acids is 1. The molecule has 1 aliphatic heterocycles. The van der Waals surface area contributed by atoms with Gasteiger partial charge in [0.25, 0.3) is 0 Å². The third-order valence-electron chi connectivity index (χ3n) is 4.22. The minimum Gasteiger partial charge on any atom is -0.368 e. The molecule has 1 heterocycles. The summed E-state index contributed by atoms with van der Waals surface area (Å²) in [4.78, 5) is 13.9. The molecule has 1 aliphatic rings. The molecule has 104 valence electrons. The Kier molecular flexibility index (Phi) is 4.56. The zero-order valence-corrected chi connectivity index (χ0v) is 11.6. The lowest BCUT2D eigenvalue weighted by atomic mass is 9.87. The van der Waals surface area contributed by atoms with Crippen LogP contribution in [0, 0.1) is 0 Å². The van der Waals surface area contributed by atoms with E-state index in [4.69, 9.17) is 5.73 Å². The number of carbonyl (C=O) groups is 1. The highest BCUT2D eigenvalue weighted by molar-refractivity contribution is 5.84. The quantitative estimate of drug-likeness (QED) is 0.823. The molecule has 4 nitrogen and oxygen atoms in total. The number of piperidine rings is 1. The summed E-state index contributed by atoms with van der Waals surface area (Å²) < 4.78 is 0. The zero-order valence-electron chi connectivity index (χ0n) is 11.6. The van der Waals surface area contributed by atoms with Crippen molar-refractivity contribution >= 4 is 5.91 Å². The van der Waals surface area contributed by atoms with Crippen LogP contribution in [-0.2, 0) is 11.2 Å². The smallest absolute Gasteiger partial charge is 0.237 e. The van der Waals surface area contributed by atoms with Gasteiger partial charge in [-0.05, 0) is 31.9 Å². The van der Waals surface area contributed by atoms with Crippen LogP contribution in [0.4, 0.5) is 0 Å². The number of benzene rings is 1. The zero-order chi connectivity index (χ0) is 13.7. The fourth-order valence-corrected chi connectivity index (χ4v) is 2.71. The SMILES string of the molecule is CNC1(C(N)=O)CCN(CCc2ccccc2)CC1. The van der Waals surface area contributed by atoms with Gasteiger partial charge < -0.3 is 16.0 Å². The molecule has 3 N–H and O–H groups in total. The second-order valence-corrected chi connectivity index (χ2v) is 5.27. The van der Waals surface area contributed by atoms with Crippen LogP contribution in [0.25, 0.3) is 0 Å². The minimum absolute atomic E-state index is 0.224. The van der Waals surface area contributed by atoms with Crippen molar-refractivity contribution < 1.29 is 4.79 Å². The largest absolute Gasteiger partial charge is 0.368 e. The molecule has 0 aliphatic carbocycles. The first-order chi connectivity index (χ1) is 9.16. The first-order valence-corrected chi connectivity index (χ1v) is 6.91. The van der Waals surface area contributed by atoms with Gasteiger partial charge in [0.05, 0.1) is 5.54 Å². The van der Waals surface area contributed by atoms with E-state index in [1.807, 2.05) is 13.1 Å². The van der Waals surface area contributed by atoms with Crippen molar-refractivity contribution in [2.75, 3.05) is 26.7 Å². The third kappa shape index (κ3) is 3.33. The van der Waals surface area contributed by atoms with E-state index in [-0.39, 0.29) is 5.91 Å². The van der Waals surface area contributed by atoms with Crippen molar-refractivity contribution in [1.82, 2.24) is 10.2 Å². The third-order valence-corrected chi connectivity index (χ3v) is 4.22. The molecule has 1 saturated heterocycles. The fraction of sp³-hybridized carbons (Fsp3) is 0.533. The lowest BCUT2D eigenvalue weighted by Gasteiger charge is -2.39. The standard InChI is InChI=1S/C15H23N3O/c1-17-15(14(16)19)8-11-18(12-9-15)10-7-13-5-3-2-4-6-13/h2-6,17H,7-12H2,1H3,(H2,16,19). The second-order valence-electron chi connectivity index (χ2n) is 5.27. The monoisotopic (exact) mass is 261 g/mol. The molecule has 0 spiro atoms. The van der Waals surface area contributed by atoms with Crippen LogP contribution in [0.3, 0.4) is 0 Å². The van der Waals surface area contributed by atoms with Gasteiger partial charge in [0, 0.05) is 19.6 Å². The molecule has 0 unspecified atom stereocenters. The molecule has 0 atom stereocenters. The summed E-state index contributed by atoms with van der Waals surface area (Å²) in [6, 6.07) is 10.5. The van der Waals surface area contributed by atoms with E-state index in [1.54, 1.807) is 0 Å². The van der Waals surface area contributed by atoms with Crippen LogP contribution in [0.5, 0.6) is 0 Å². The Morgan fingerprint density at radius 3 is 2.47 bits per heavy atom. The maximum Gasteiger partial charge on any atom is 0.237 e. The van der Waals surface area contributed by atoms with Gasteiger partial charge in [-0.1, -0.05) is 30.3 Å². The summed E-state index contributed by atoms with van der Waals surface area (Å²) in [5, 5.41) is 3.11. The highest BCUT2D eigenvalue weighted by atomic mass is 16.1. The molecule has 1 amide bonds. The van der Waals surface area contributed by atoms with Gasteiger partial charge in [0.1, 0.15) is 0 Å². The Labute approximate surface area is 115 Å². The number of amides is 1. The number of likely N-dealkylation sites (tertiary alicyclic amines) is 1. The molecule has 0 aromatic heterocycles. The van der Waals surface area contributed by atoms with Crippen molar-refractivity contribution in [2.45, 2.75) is 24.8 Å². The van der Waals surface area contributed by atoms with E-state index < -0.39 is 5.54 Å². The molecular weight excluding hydrogens is 238 g/mol. The van der Waals surface area contributed by atoms with E-state index in [0.29, 0.717) is 0 Å². The van der Waals surface area contributed by atoms with Crippen molar-refractivity contribution in [3.8, 4) is 0 Å². The summed E-state index contributed by atoms with van der Waals surface area (Å²) in [7, 11) is 1.82. The molecule has 4 heteroatoms. The van der Waals surface area contributed by atoms with E-state index in [9.17, 15) is 4.79 Å². The minimum atomic E-state index is -0.497. The summed E-state index contributed by atoms with van der Waals surface area (Å²) in [6.45, 7) is 2.90. The van der Waals surface area contributed by atoms with Crippen LogP contribution in [0.1, 0.15) is 18.4 Å². The van der Waals surface area contributed by atoms with Crippen molar-refractivity contribution in [1.29, 1.82) is 0 Å². The second kappa shape index (κ2) is 6.17. The van der Waals surface area contributed by atoms with Gasteiger partial charge in [-0.15, -0.1) is 0 Å². The molecule has 0 radical (unpaired) electrons. The number of primary amides is 1. The summed E-state index contributed by atoms with van der Waals surface area (Å²) in [5.41, 5.74) is 6.37. The van der Waals surface area contributed by atoms with Gasteiger partial charge in [0.15, 0.2) is 0 Å². The Bertz CT molecular complexity index is 411. The average molecular weight is 261 g/mol. The van der Waals surface area contributed by atoms with Gasteiger partial charge in [-0.25, -0.2) is 0 Å². The van der Waals surface area contributed by atoms with Crippen molar-refractivity contribution in [3.63, 3.8) is 0 Å². The van der Waals surface area contributed by atoms with Gasteiger partial charge in [-0.2, -0.15) is 0 Å². The molecule has 0 bridgehead atoms. The molecule has 19 heavy (non-hydrogen) atoms. The Hall–Kier alpha value is -1.39. The molecule has 1 fully saturated rings. The molecular formula is C15H23N3O. The van der Waals surface area contributed by atoms with Crippen LogP contribution in [-0.4, -0.2) is 43.0 Å². The fourth-order valence-electron chi connectivity index (χ4n) is 2.71. The van der Waals surface area contributed by atoms with Gasteiger partial charge in [0.2, 0.25) is 5.91 Å². The summed E-state index contributed by atoms with van der Waals surface area (Å²) in [5.74, 6) is -0.224. The molecule has 0 saturated carbocycles. The maximum atomic E-state index is 11.5. The molecule has 1 aromatic rings. The number of hydrogen-bond donors (Lipinski definition) is 2. The van der Waals surface area contributed by atoms with Crippen LogP contribution >= 0.6 is 0 Å². The predicted octanol–water partition coefficient (Wildman–Crippen LogP) is 0.768. The Morgan fingerprint density at radius 2 is 1.95 bits per heavy atom. The van der Waals surface area contributed by atoms with Crippen LogP contribution < -0.4 is 11.1 Å². The molecule has 1 aromatic carbocycles. The predicted molar refractivity (Wildman–Crippen MR) is 76.8 cm³/mol. The number of nitrogens with zero attached hydrogens (tertiary/aromatic N) is 1. The van der Waals surface area contributed by atoms with E-state index in [1.165, 1.54) is 5.56 Å². The first-order valence-electron chi connectivity index (χ1n) is 6.91. The number of likely N-dealkylation sites (N-methyl/N-ethyl adjacent to an activating group) is 1. The number of hydrogen-bond acceptors (Lipinski definition) is 3. The number of nitrogens with one attached hydrogen (secondary N) is 1. The molecule has 2 rings (SSSR count). The number of nitrogens with two attached hydrogens (primary N) is 1. The topological polar surface area (TPSA) is 58.4 Å². The average Bonchev–Trinajstić information content (AvgIpc) is 2.46. The lowest BCUT2D eigenvalue weighted by molar-refractivity contribution is -0.126. The van der Waals surface area contributed by atoms with E-state index >= 15 is 0 Å². The Morgan fingerprint density at radius 1 is 1.32 bits per heavy atom. The highest BCUT2D eigenvalue weighted by Crippen LogP contribution is 2.21. The van der Waals surface area contributed by atoms with Gasteiger partial charge in [-0.3, -0.25) is 4.79 Å². The number of rotatable bonds is 5. The van der Waals surface area contributed by atoms with Crippen molar-refractivity contribution in [2.24, 2.45) is 5.73 Å². The van der Waals surface area contributed by atoms with E-state index in [0.717, 1.165) is 38.9 Å². The normalized spacial score (nSPS) is 19.2. The van der Waals surface area contributed by atoms with Crippen molar-refractivity contribution in [3.05, 3.63) is 35.9 Å².